The largest absolute Gasteiger partial charge is 0.472 e. The van der Waals surface area contributed by atoms with E-state index in [2.05, 4.69) is 55.4 Å². The van der Waals surface area contributed by atoms with Gasteiger partial charge in [-0.1, -0.05) is 396 Å². The lowest BCUT2D eigenvalue weighted by Crippen LogP contribution is -2.30. The average Bonchev–Trinajstić information content (AvgIpc) is 0.921. The van der Waals surface area contributed by atoms with Crippen LogP contribution in [0.1, 0.15) is 447 Å². The van der Waals surface area contributed by atoms with Gasteiger partial charge in [-0.15, -0.1) is 0 Å². The Kier molecular flexibility index (Phi) is 73.4. The number of phosphoric ester groups is 2. The summed E-state index contributed by atoms with van der Waals surface area (Å²) in [5.41, 5.74) is 0. The molecule has 0 rings (SSSR count). The zero-order chi connectivity index (χ0) is 77.4. The van der Waals surface area contributed by atoms with Gasteiger partial charge in [-0.05, 0) is 49.4 Å². The van der Waals surface area contributed by atoms with E-state index in [0.717, 1.165) is 114 Å². The predicted molar refractivity (Wildman–Crippen MR) is 432 cm³/mol. The molecule has 0 aromatic rings. The van der Waals surface area contributed by atoms with Gasteiger partial charge in [0.2, 0.25) is 0 Å². The Bertz CT molecular complexity index is 2040. The number of esters is 4. The fourth-order valence-corrected chi connectivity index (χ4v) is 14.9. The fraction of sp³-hybridized carbons (Fsp3) is 0.953. The summed E-state index contributed by atoms with van der Waals surface area (Å²) in [4.78, 5) is 73.2. The first-order valence-electron chi connectivity index (χ1n) is 44.2. The molecule has 3 unspecified atom stereocenters. The highest BCUT2D eigenvalue weighted by Crippen LogP contribution is 2.45. The van der Waals surface area contributed by atoms with Gasteiger partial charge in [-0.3, -0.25) is 37.3 Å². The molecule has 624 valence electrons. The predicted octanol–water partition coefficient (Wildman–Crippen LogP) is 25.9. The maximum atomic E-state index is 13.1. The molecular weight excluding hydrogens is 1370 g/mol. The van der Waals surface area contributed by atoms with E-state index in [1.165, 1.54) is 250 Å². The monoisotopic (exact) mass is 1540 g/mol. The number of carbonyl (C=O) groups excluding carboxylic acids is 4. The minimum Gasteiger partial charge on any atom is -0.462 e. The first-order chi connectivity index (χ1) is 50.6. The van der Waals surface area contributed by atoms with Gasteiger partial charge in [-0.25, -0.2) is 9.13 Å². The van der Waals surface area contributed by atoms with Crippen molar-refractivity contribution in [2.24, 2.45) is 23.7 Å². The van der Waals surface area contributed by atoms with Crippen molar-refractivity contribution in [3.05, 3.63) is 0 Å². The van der Waals surface area contributed by atoms with Crippen molar-refractivity contribution in [3.8, 4) is 0 Å². The van der Waals surface area contributed by atoms with Crippen LogP contribution in [0.15, 0.2) is 0 Å². The van der Waals surface area contributed by atoms with Gasteiger partial charge in [-0.2, -0.15) is 0 Å². The Labute approximate surface area is 645 Å². The molecule has 0 fully saturated rings. The van der Waals surface area contributed by atoms with E-state index in [0.29, 0.717) is 25.7 Å². The number of hydrogen-bond acceptors (Lipinski definition) is 15. The molecule has 0 amide bonds. The molecule has 17 nitrogen and oxygen atoms in total. The van der Waals surface area contributed by atoms with Gasteiger partial charge < -0.3 is 33.8 Å². The van der Waals surface area contributed by atoms with Crippen molar-refractivity contribution < 1.29 is 80.2 Å². The Balaban J connectivity index is 5.24. The Hall–Kier alpha value is -1.94. The van der Waals surface area contributed by atoms with Crippen LogP contribution in [-0.2, 0) is 65.4 Å². The average molecular weight is 1540 g/mol. The third-order valence-electron chi connectivity index (χ3n) is 20.4. The molecule has 0 aromatic heterocycles. The second-order valence-corrected chi connectivity index (χ2v) is 35.5. The summed E-state index contributed by atoms with van der Waals surface area (Å²) in [6.07, 6.45) is 63.8. The van der Waals surface area contributed by atoms with E-state index in [-0.39, 0.29) is 25.7 Å². The molecule has 105 heavy (non-hydrogen) atoms. The van der Waals surface area contributed by atoms with E-state index in [4.69, 9.17) is 37.0 Å². The summed E-state index contributed by atoms with van der Waals surface area (Å²) >= 11 is 0. The van der Waals surface area contributed by atoms with Crippen LogP contribution in [0.2, 0.25) is 0 Å². The van der Waals surface area contributed by atoms with Crippen LogP contribution in [0.25, 0.3) is 0 Å². The molecule has 0 aliphatic heterocycles. The van der Waals surface area contributed by atoms with Crippen LogP contribution in [0, 0.1) is 23.7 Å². The second-order valence-electron chi connectivity index (χ2n) is 32.6. The molecule has 0 bridgehead atoms. The number of unbranched alkanes of at least 4 members (excludes halogenated alkanes) is 48. The zero-order valence-electron chi connectivity index (χ0n) is 69.4. The second kappa shape index (κ2) is 74.8. The molecule has 0 heterocycles. The number of carbonyl (C=O) groups is 4. The summed E-state index contributed by atoms with van der Waals surface area (Å²) in [5.74, 6) is 1.07. The molecular formula is C86H168O17P2. The first-order valence-corrected chi connectivity index (χ1v) is 47.2. The topological polar surface area (TPSA) is 237 Å². The highest BCUT2D eigenvalue weighted by atomic mass is 31.2. The number of hydrogen-bond donors (Lipinski definition) is 3. The minimum absolute atomic E-state index is 0.107. The normalized spacial score (nSPS) is 14.2. The molecule has 3 N–H and O–H groups in total. The maximum absolute atomic E-state index is 13.1. The van der Waals surface area contributed by atoms with Crippen LogP contribution in [-0.4, -0.2) is 96.7 Å². The summed E-state index contributed by atoms with van der Waals surface area (Å²) in [5, 5.41) is 10.7. The molecule has 0 aliphatic carbocycles. The van der Waals surface area contributed by atoms with Crippen LogP contribution < -0.4 is 0 Å². The summed E-state index contributed by atoms with van der Waals surface area (Å²) < 4.78 is 68.9. The van der Waals surface area contributed by atoms with E-state index >= 15 is 0 Å². The summed E-state index contributed by atoms with van der Waals surface area (Å²) in [6.45, 7) is 14.3. The van der Waals surface area contributed by atoms with Gasteiger partial charge in [0.15, 0.2) is 12.2 Å². The number of aliphatic hydroxyl groups is 1. The van der Waals surface area contributed by atoms with Crippen LogP contribution in [0.4, 0.5) is 0 Å². The van der Waals surface area contributed by atoms with Gasteiger partial charge in [0, 0.05) is 25.7 Å². The van der Waals surface area contributed by atoms with Crippen molar-refractivity contribution in [2.45, 2.75) is 465 Å². The molecule has 0 aromatic carbocycles. The number of aliphatic hydroxyl groups excluding tert-OH is 1. The van der Waals surface area contributed by atoms with Crippen molar-refractivity contribution in [1.29, 1.82) is 0 Å². The van der Waals surface area contributed by atoms with Crippen LogP contribution in [0.5, 0.6) is 0 Å². The summed E-state index contributed by atoms with van der Waals surface area (Å²) in [7, 11) is -9.93. The van der Waals surface area contributed by atoms with Crippen LogP contribution >= 0.6 is 15.6 Å². The lowest BCUT2D eigenvalue weighted by Gasteiger charge is -2.21. The third-order valence-corrected chi connectivity index (χ3v) is 22.3. The van der Waals surface area contributed by atoms with Gasteiger partial charge >= 0.3 is 39.5 Å². The SMILES string of the molecule is CCC(C)CCCCCCCCCCCCCCCCCCCCC(=O)O[C@H](COC(=O)CCCCCCCCCCCCCCCC(C)C)COP(=O)(O)OC[C@@H](O)COP(=O)(O)OC[C@@H](COC(=O)CCCCCCCCCCC(C)C)OC(=O)CCCCCCCCCCCCCCCC(C)C. The third kappa shape index (κ3) is 78.5. The molecule has 0 saturated heterocycles. The number of rotatable bonds is 83. The number of phosphoric acid groups is 2. The van der Waals surface area contributed by atoms with Crippen molar-refractivity contribution in [2.75, 3.05) is 39.6 Å². The lowest BCUT2D eigenvalue weighted by molar-refractivity contribution is -0.161. The van der Waals surface area contributed by atoms with E-state index in [1.54, 1.807) is 0 Å². The van der Waals surface area contributed by atoms with Crippen LogP contribution in [0.3, 0.4) is 0 Å². The fourth-order valence-electron chi connectivity index (χ4n) is 13.3. The van der Waals surface area contributed by atoms with Crippen molar-refractivity contribution >= 4 is 39.5 Å². The Morgan fingerprint density at radius 3 is 0.676 bits per heavy atom. The number of ether oxygens (including phenoxy) is 4. The van der Waals surface area contributed by atoms with Crippen molar-refractivity contribution in [1.82, 2.24) is 0 Å². The van der Waals surface area contributed by atoms with Gasteiger partial charge in [0.25, 0.3) is 0 Å². The lowest BCUT2D eigenvalue weighted by atomic mass is 9.99. The minimum atomic E-state index is -4.97. The van der Waals surface area contributed by atoms with Gasteiger partial charge in [0.05, 0.1) is 26.4 Å². The molecule has 19 heteroatoms. The summed E-state index contributed by atoms with van der Waals surface area (Å²) in [6, 6.07) is 0. The maximum Gasteiger partial charge on any atom is 0.472 e. The molecule has 0 aliphatic rings. The molecule has 0 saturated carbocycles. The first kappa shape index (κ1) is 103. The van der Waals surface area contributed by atoms with Gasteiger partial charge in [0.1, 0.15) is 19.3 Å². The molecule has 0 radical (unpaired) electrons. The van der Waals surface area contributed by atoms with E-state index in [9.17, 15) is 43.2 Å². The molecule has 6 atom stereocenters. The van der Waals surface area contributed by atoms with E-state index in [1.807, 2.05) is 0 Å². The quantitative estimate of drug-likeness (QED) is 0.0222. The highest BCUT2D eigenvalue weighted by Gasteiger charge is 2.31. The smallest absolute Gasteiger partial charge is 0.462 e. The van der Waals surface area contributed by atoms with E-state index < -0.39 is 97.5 Å². The Morgan fingerprint density at radius 2 is 0.457 bits per heavy atom. The standard InChI is InChI=1S/C86H168O17P2/c1-9-79(8)65-57-49-41-32-26-20-14-12-10-11-13-15-21-28-34-44-52-60-68-85(90)102-81(72-96-83(88)66-58-50-42-33-27-22-16-18-24-30-38-46-54-62-76(2)3)74-100-104(92,93)98-70-80(87)71-99-105(94,95)101-75-82(73-97-84(89)67-59-51-43-37-36-40-48-56-64-78(6)7)103-86(91)69-61-53-45-35-29-23-17-19-25-31-39-47-55-63-77(4)5/h76-82,87H,9-75H2,1-8H3,(H,92,93)(H,94,95)/t79?,80-,81-,82-/m1/s1. The molecule has 0 spiro atoms. The zero-order valence-corrected chi connectivity index (χ0v) is 71.2. The highest BCUT2D eigenvalue weighted by molar-refractivity contribution is 7.47. The Morgan fingerprint density at radius 1 is 0.267 bits per heavy atom. The van der Waals surface area contributed by atoms with Crippen molar-refractivity contribution in [3.63, 3.8) is 0 Å².